The monoisotopic (exact) mass is 311 g/mol. The summed E-state index contributed by atoms with van der Waals surface area (Å²) in [7, 11) is 0. The van der Waals surface area contributed by atoms with E-state index >= 15 is 0 Å². The predicted octanol–water partition coefficient (Wildman–Crippen LogP) is 2.71. The molecule has 1 aliphatic rings. The molecular formula is C19H21NO3. The van der Waals surface area contributed by atoms with Gasteiger partial charge in [-0.1, -0.05) is 42.5 Å². The predicted molar refractivity (Wildman–Crippen MR) is 88.2 cm³/mol. The summed E-state index contributed by atoms with van der Waals surface area (Å²) in [5.74, 6) is 0.519. The van der Waals surface area contributed by atoms with E-state index in [9.17, 15) is 9.90 Å². The van der Waals surface area contributed by atoms with Crippen LogP contribution in [-0.2, 0) is 16.9 Å². The Labute approximate surface area is 136 Å². The van der Waals surface area contributed by atoms with Gasteiger partial charge in [-0.2, -0.15) is 0 Å². The Morgan fingerprint density at radius 3 is 2.61 bits per heavy atom. The highest BCUT2D eigenvalue weighted by Crippen LogP contribution is 2.33. The number of carbonyl (C=O) groups excluding carboxylic acids is 1. The van der Waals surface area contributed by atoms with Crippen molar-refractivity contribution in [2.75, 3.05) is 6.61 Å². The molecule has 0 saturated heterocycles. The maximum atomic E-state index is 12.4. The molecule has 0 aromatic heterocycles. The molecule has 1 amide bonds. The molecule has 2 aromatic carbocycles. The van der Waals surface area contributed by atoms with Crippen LogP contribution in [0.1, 0.15) is 36.5 Å². The summed E-state index contributed by atoms with van der Waals surface area (Å²) in [6, 6.07) is 15.3. The zero-order valence-corrected chi connectivity index (χ0v) is 13.4. The second-order valence-corrected chi connectivity index (χ2v) is 6.38. The minimum absolute atomic E-state index is 0.0264. The molecule has 23 heavy (non-hydrogen) atoms. The number of amides is 1. The van der Waals surface area contributed by atoms with Gasteiger partial charge in [0, 0.05) is 12.1 Å². The topological polar surface area (TPSA) is 58.6 Å². The van der Waals surface area contributed by atoms with Crippen LogP contribution in [0.3, 0.4) is 0 Å². The largest absolute Gasteiger partial charge is 0.492 e. The first-order chi connectivity index (χ1) is 10.9. The zero-order chi connectivity index (χ0) is 16.4. The van der Waals surface area contributed by atoms with E-state index < -0.39 is 5.60 Å². The molecule has 4 heteroatoms. The third-order valence-electron chi connectivity index (χ3n) is 4.14. The van der Waals surface area contributed by atoms with Crippen molar-refractivity contribution in [2.24, 2.45) is 0 Å². The van der Waals surface area contributed by atoms with Crippen LogP contribution in [0.15, 0.2) is 48.5 Å². The number of hydrogen-bond acceptors (Lipinski definition) is 3. The quantitative estimate of drug-likeness (QED) is 0.913. The van der Waals surface area contributed by atoms with E-state index in [-0.39, 0.29) is 11.8 Å². The molecule has 0 radical (unpaired) electrons. The fourth-order valence-corrected chi connectivity index (χ4v) is 2.72. The van der Waals surface area contributed by atoms with Crippen LogP contribution in [0.2, 0.25) is 0 Å². The number of aliphatic hydroxyl groups is 1. The summed E-state index contributed by atoms with van der Waals surface area (Å²) >= 11 is 0. The summed E-state index contributed by atoms with van der Waals surface area (Å²) in [6.07, 6.45) is 0. The SMILES string of the molecule is CC(C)(O)c1ccc(CNC(=O)C2COc3ccccc32)cc1. The van der Waals surface area contributed by atoms with Crippen molar-refractivity contribution in [2.45, 2.75) is 31.9 Å². The number of carbonyl (C=O) groups is 1. The molecule has 0 aliphatic carbocycles. The molecule has 1 aliphatic heterocycles. The molecule has 0 spiro atoms. The Hall–Kier alpha value is -2.33. The molecule has 0 fully saturated rings. The Bertz CT molecular complexity index is 701. The molecule has 120 valence electrons. The molecular weight excluding hydrogens is 290 g/mol. The van der Waals surface area contributed by atoms with Crippen molar-refractivity contribution >= 4 is 5.91 Å². The second-order valence-electron chi connectivity index (χ2n) is 6.38. The minimum atomic E-state index is -0.854. The zero-order valence-electron chi connectivity index (χ0n) is 13.4. The molecule has 4 nitrogen and oxygen atoms in total. The minimum Gasteiger partial charge on any atom is -0.492 e. The van der Waals surface area contributed by atoms with E-state index in [0.717, 1.165) is 22.4 Å². The number of fused-ring (bicyclic) bond motifs is 1. The molecule has 1 atom stereocenters. The van der Waals surface area contributed by atoms with Crippen molar-refractivity contribution < 1.29 is 14.6 Å². The van der Waals surface area contributed by atoms with Crippen LogP contribution in [0, 0.1) is 0 Å². The Morgan fingerprint density at radius 2 is 1.91 bits per heavy atom. The van der Waals surface area contributed by atoms with Gasteiger partial charge in [0.25, 0.3) is 0 Å². The fraction of sp³-hybridized carbons (Fsp3) is 0.316. The average molecular weight is 311 g/mol. The van der Waals surface area contributed by atoms with E-state index in [1.165, 1.54) is 0 Å². The van der Waals surface area contributed by atoms with Crippen LogP contribution in [-0.4, -0.2) is 17.6 Å². The Kier molecular flexibility index (Phi) is 4.09. The number of rotatable bonds is 4. The summed E-state index contributed by atoms with van der Waals surface area (Å²) in [6.45, 7) is 4.36. The van der Waals surface area contributed by atoms with Crippen molar-refractivity contribution in [3.8, 4) is 5.75 Å². The summed E-state index contributed by atoms with van der Waals surface area (Å²) in [5.41, 5.74) is 1.94. The van der Waals surface area contributed by atoms with Crippen LogP contribution in [0.5, 0.6) is 5.75 Å². The van der Waals surface area contributed by atoms with Crippen LogP contribution >= 0.6 is 0 Å². The van der Waals surface area contributed by atoms with Crippen molar-refractivity contribution in [3.63, 3.8) is 0 Å². The molecule has 0 saturated carbocycles. The lowest BCUT2D eigenvalue weighted by Gasteiger charge is -2.18. The lowest BCUT2D eigenvalue weighted by molar-refractivity contribution is -0.122. The molecule has 1 heterocycles. The van der Waals surface area contributed by atoms with Crippen molar-refractivity contribution in [1.29, 1.82) is 0 Å². The van der Waals surface area contributed by atoms with E-state index in [1.54, 1.807) is 13.8 Å². The number of hydrogen-bond donors (Lipinski definition) is 2. The Balaban J connectivity index is 1.62. The van der Waals surface area contributed by atoms with Crippen LogP contribution in [0.4, 0.5) is 0 Å². The molecule has 1 unspecified atom stereocenters. The standard InChI is InChI=1S/C19H21NO3/c1-19(2,22)14-9-7-13(8-10-14)11-20-18(21)16-12-23-17-6-4-3-5-15(16)17/h3-10,16,22H,11-12H2,1-2H3,(H,20,21). The molecule has 2 aromatic rings. The van der Waals surface area contributed by atoms with Gasteiger partial charge in [0.05, 0.1) is 5.60 Å². The Morgan fingerprint density at radius 1 is 1.22 bits per heavy atom. The van der Waals surface area contributed by atoms with Gasteiger partial charge in [-0.25, -0.2) is 0 Å². The van der Waals surface area contributed by atoms with E-state index in [4.69, 9.17) is 4.74 Å². The summed E-state index contributed by atoms with van der Waals surface area (Å²) in [4.78, 5) is 12.4. The highest BCUT2D eigenvalue weighted by atomic mass is 16.5. The maximum Gasteiger partial charge on any atom is 0.231 e. The van der Waals surface area contributed by atoms with Gasteiger partial charge < -0.3 is 15.2 Å². The smallest absolute Gasteiger partial charge is 0.231 e. The number of nitrogens with one attached hydrogen (secondary N) is 1. The first kappa shape index (κ1) is 15.6. The van der Waals surface area contributed by atoms with Gasteiger partial charge in [0.1, 0.15) is 18.3 Å². The van der Waals surface area contributed by atoms with E-state index in [0.29, 0.717) is 13.2 Å². The van der Waals surface area contributed by atoms with Gasteiger partial charge in [0.2, 0.25) is 5.91 Å². The number of para-hydroxylation sites is 1. The van der Waals surface area contributed by atoms with E-state index in [2.05, 4.69) is 5.32 Å². The summed E-state index contributed by atoms with van der Waals surface area (Å²) < 4.78 is 5.55. The van der Waals surface area contributed by atoms with Crippen LogP contribution < -0.4 is 10.1 Å². The third-order valence-corrected chi connectivity index (χ3v) is 4.14. The normalized spacial score (nSPS) is 16.6. The van der Waals surface area contributed by atoms with Gasteiger partial charge in [-0.15, -0.1) is 0 Å². The fourth-order valence-electron chi connectivity index (χ4n) is 2.72. The molecule has 2 N–H and O–H groups in total. The third kappa shape index (κ3) is 3.37. The summed E-state index contributed by atoms with van der Waals surface area (Å²) in [5, 5.41) is 12.9. The van der Waals surface area contributed by atoms with Crippen LogP contribution in [0.25, 0.3) is 0 Å². The van der Waals surface area contributed by atoms with Gasteiger partial charge in [-0.05, 0) is 31.0 Å². The van der Waals surface area contributed by atoms with Gasteiger partial charge >= 0.3 is 0 Å². The lowest BCUT2D eigenvalue weighted by Crippen LogP contribution is -2.29. The highest BCUT2D eigenvalue weighted by Gasteiger charge is 2.29. The number of ether oxygens (including phenoxy) is 1. The van der Waals surface area contributed by atoms with Gasteiger partial charge in [0.15, 0.2) is 0 Å². The second kappa shape index (κ2) is 6.05. The number of benzene rings is 2. The molecule has 0 bridgehead atoms. The average Bonchev–Trinajstić information content (AvgIpc) is 2.96. The van der Waals surface area contributed by atoms with E-state index in [1.807, 2.05) is 48.5 Å². The highest BCUT2D eigenvalue weighted by molar-refractivity contribution is 5.85. The maximum absolute atomic E-state index is 12.4. The van der Waals surface area contributed by atoms with Crippen molar-refractivity contribution in [3.05, 3.63) is 65.2 Å². The first-order valence-corrected chi connectivity index (χ1v) is 7.76. The van der Waals surface area contributed by atoms with Gasteiger partial charge in [-0.3, -0.25) is 4.79 Å². The molecule has 3 rings (SSSR count). The van der Waals surface area contributed by atoms with Crippen molar-refractivity contribution in [1.82, 2.24) is 5.32 Å². The lowest BCUT2D eigenvalue weighted by atomic mass is 9.97. The first-order valence-electron chi connectivity index (χ1n) is 7.76.